The first-order valence-corrected chi connectivity index (χ1v) is 13.9. The minimum absolute atomic E-state index is 0.145. The molecule has 1 saturated carbocycles. The molecule has 6 rings (SSSR count). The highest BCUT2D eigenvalue weighted by atomic mass is 16.7. The molecule has 11 nitrogen and oxygen atoms in total. The van der Waals surface area contributed by atoms with E-state index in [1.54, 1.807) is 19.9 Å². The van der Waals surface area contributed by atoms with Gasteiger partial charge < -0.3 is 34.6 Å². The fourth-order valence-corrected chi connectivity index (χ4v) is 6.80. The maximum Gasteiger partial charge on any atom is 0.198 e. The number of carbonyl (C=O) groups excluding carboxylic acids is 4. The van der Waals surface area contributed by atoms with E-state index in [0.29, 0.717) is 12.8 Å². The number of ether oxygens (including phenoxy) is 3. The molecule has 5 aliphatic rings. The zero-order chi connectivity index (χ0) is 30.4. The van der Waals surface area contributed by atoms with Gasteiger partial charge in [0.05, 0.1) is 35.0 Å². The predicted molar refractivity (Wildman–Crippen MR) is 144 cm³/mol. The molecule has 222 valence electrons. The van der Waals surface area contributed by atoms with Gasteiger partial charge in [0.15, 0.2) is 35.0 Å². The quantitative estimate of drug-likeness (QED) is 0.409. The van der Waals surface area contributed by atoms with Gasteiger partial charge in [0, 0.05) is 29.5 Å². The molecule has 2 fully saturated rings. The number of rotatable bonds is 3. The van der Waals surface area contributed by atoms with Crippen molar-refractivity contribution in [3.05, 3.63) is 64.3 Å². The highest BCUT2D eigenvalue weighted by Crippen LogP contribution is 2.52. The largest absolute Gasteiger partial charge is 0.507 e. The monoisotopic (exact) mass is 580 g/mol. The van der Waals surface area contributed by atoms with Crippen LogP contribution in [0, 0.1) is 0 Å². The van der Waals surface area contributed by atoms with Crippen molar-refractivity contribution in [2.24, 2.45) is 0 Å². The van der Waals surface area contributed by atoms with Gasteiger partial charge in [-0.05, 0) is 57.9 Å². The summed E-state index contributed by atoms with van der Waals surface area (Å²) < 4.78 is 17.7. The Hall–Kier alpha value is -3.32. The first-order valence-electron chi connectivity index (χ1n) is 13.9. The van der Waals surface area contributed by atoms with Gasteiger partial charge in [0.2, 0.25) is 0 Å². The van der Waals surface area contributed by atoms with E-state index in [1.807, 2.05) is 0 Å². The molecule has 0 spiro atoms. The van der Waals surface area contributed by atoms with E-state index < -0.39 is 82.9 Å². The van der Waals surface area contributed by atoms with Gasteiger partial charge >= 0.3 is 0 Å². The summed E-state index contributed by atoms with van der Waals surface area (Å²) in [6.07, 6.45) is 2.38. The number of phenols is 1. The van der Waals surface area contributed by atoms with Crippen LogP contribution in [0.2, 0.25) is 0 Å². The third kappa shape index (κ3) is 4.18. The van der Waals surface area contributed by atoms with Crippen LogP contribution in [0.1, 0.15) is 78.8 Å². The Bertz CT molecular complexity index is 1520. The van der Waals surface area contributed by atoms with E-state index >= 15 is 0 Å². The number of aliphatic hydroxyl groups is 3. The Balaban J connectivity index is 1.27. The molecule has 0 aromatic heterocycles. The molecule has 11 heteroatoms. The number of benzene rings is 1. The summed E-state index contributed by atoms with van der Waals surface area (Å²) in [6, 6.07) is 2.81. The SMILES string of the molecule is CC1OC(OC2CCC(c3ccc4c(c3O)C(=O)C3=C(C4=O)[C@]4(O)C(=O)C[C@@](C)(O)C[C@@]4(O)C=C3)OC2C)C=CC1=O. The third-order valence-electron chi connectivity index (χ3n) is 8.96. The molecule has 0 amide bonds. The summed E-state index contributed by atoms with van der Waals surface area (Å²) >= 11 is 0. The molecule has 1 saturated heterocycles. The van der Waals surface area contributed by atoms with Crippen LogP contribution >= 0.6 is 0 Å². The van der Waals surface area contributed by atoms with Crippen molar-refractivity contribution < 1.29 is 53.8 Å². The lowest BCUT2D eigenvalue weighted by Crippen LogP contribution is -2.69. The van der Waals surface area contributed by atoms with Crippen LogP contribution in [0.15, 0.2) is 47.6 Å². The summed E-state index contributed by atoms with van der Waals surface area (Å²) in [5.74, 6) is -3.24. The van der Waals surface area contributed by atoms with Gasteiger partial charge in [-0.25, -0.2) is 0 Å². The molecule has 1 aromatic rings. The molecule has 2 heterocycles. The molecule has 2 aliphatic heterocycles. The smallest absolute Gasteiger partial charge is 0.198 e. The van der Waals surface area contributed by atoms with Crippen molar-refractivity contribution in [2.45, 2.75) is 94.0 Å². The maximum absolute atomic E-state index is 13.7. The number of phenolic OH excluding ortho intramolecular Hbond substituents is 1. The number of Topliss-reactive ketones (excluding diaryl/α,β-unsaturated/α-hetero) is 3. The molecule has 4 N–H and O–H groups in total. The van der Waals surface area contributed by atoms with Crippen molar-refractivity contribution >= 4 is 23.1 Å². The molecule has 0 radical (unpaired) electrons. The van der Waals surface area contributed by atoms with Crippen molar-refractivity contribution in [3.8, 4) is 5.75 Å². The normalized spacial score (nSPS) is 39.7. The lowest BCUT2D eigenvalue weighted by molar-refractivity contribution is -0.215. The van der Waals surface area contributed by atoms with Gasteiger partial charge in [0.1, 0.15) is 17.5 Å². The van der Waals surface area contributed by atoms with Gasteiger partial charge in [-0.15, -0.1) is 0 Å². The average Bonchev–Trinajstić information content (AvgIpc) is 2.90. The summed E-state index contributed by atoms with van der Waals surface area (Å²) in [7, 11) is 0. The zero-order valence-electron chi connectivity index (χ0n) is 23.3. The number of fused-ring (bicyclic) bond motifs is 3. The number of hydrogen-bond acceptors (Lipinski definition) is 11. The van der Waals surface area contributed by atoms with Crippen LogP contribution in [0.4, 0.5) is 0 Å². The number of hydrogen-bond donors (Lipinski definition) is 4. The van der Waals surface area contributed by atoms with E-state index in [0.717, 1.165) is 12.2 Å². The summed E-state index contributed by atoms with van der Waals surface area (Å²) in [6.45, 7) is 4.78. The number of allylic oxidation sites excluding steroid dienone is 2. The topological polar surface area (TPSA) is 177 Å². The Labute approximate surface area is 241 Å². The zero-order valence-corrected chi connectivity index (χ0v) is 23.3. The van der Waals surface area contributed by atoms with Gasteiger partial charge in [0.25, 0.3) is 0 Å². The third-order valence-corrected chi connectivity index (χ3v) is 8.96. The predicted octanol–water partition coefficient (Wildman–Crippen LogP) is 1.71. The van der Waals surface area contributed by atoms with E-state index in [-0.39, 0.29) is 34.2 Å². The molecule has 5 unspecified atom stereocenters. The van der Waals surface area contributed by atoms with Crippen molar-refractivity contribution in [2.75, 3.05) is 0 Å². The summed E-state index contributed by atoms with van der Waals surface area (Å²) in [5.41, 5.74) is -7.75. The van der Waals surface area contributed by atoms with Crippen LogP contribution < -0.4 is 0 Å². The Morgan fingerprint density at radius 2 is 1.71 bits per heavy atom. The van der Waals surface area contributed by atoms with Crippen LogP contribution in [-0.2, 0) is 23.8 Å². The Morgan fingerprint density at radius 1 is 0.976 bits per heavy atom. The first-order chi connectivity index (χ1) is 19.7. The number of ketones is 4. The Morgan fingerprint density at radius 3 is 2.40 bits per heavy atom. The molecule has 8 atom stereocenters. The Kier molecular flexibility index (Phi) is 6.58. The van der Waals surface area contributed by atoms with Crippen LogP contribution in [0.25, 0.3) is 0 Å². The first kappa shape index (κ1) is 28.8. The highest BCUT2D eigenvalue weighted by Gasteiger charge is 2.66. The van der Waals surface area contributed by atoms with Gasteiger partial charge in [-0.1, -0.05) is 12.1 Å². The molecular formula is C31H32O11. The van der Waals surface area contributed by atoms with E-state index in [9.17, 15) is 39.6 Å². The van der Waals surface area contributed by atoms with Crippen molar-refractivity contribution in [1.82, 2.24) is 0 Å². The van der Waals surface area contributed by atoms with Crippen molar-refractivity contribution in [3.63, 3.8) is 0 Å². The van der Waals surface area contributed by atoms with E-state index in [4.69, 9.17) is 14.2 Å². The van der Waals surface area contributed by atoms with Crippen molar-refractivity contribution in [1.29, 1.82) is 0 Å². The fourth-order valence-electron chi connectivity index (χ4n) is 6.80. The second-order valence-corrected chi connectivity index (χ2v) is 12.1. The van der Waals surface area contributed by atoms with Crippen LogP contribution in [0.5, 0.6) is 5.75 Å². The number of carbonyl (C=O) groups is 4. The maximum atomic E-state index is 13.7. The number of aromatic hydroxyl groups is 1. The molecular weight excluding hydrogens is 548 g/mol. The molecule has 42 heavy (non-hydrogen) atoms. The highest BCUT2D eigenvalue weighted by molar-refractivity contribution is 6.32. The van der Waals surface area contributed by atoms with Crippen LogP contribution in [-0.4, -0.2) is 85.0 Å². The summed E-state index contributed by atoms with van der Waals surface area (Å²) in [4.78, 5) is 52.3. The molecule has 3 aliphatic carbocycles. The lowest BCUT2D eigenvalue weighted by Gasteiger charge is -2.51. The van der Waals surface area contributed by atoms with Gasteiger partial charge in [-0.3, -0.25) is 19.2 Å². The fraction of sp³-hybridized carbons (Fsp3) is 0.484. The summed E-state index contributed by atoms with van der Waals surface area (Å²) in [5, 5.41) is 44.6. The van der Waals surface area contributed by atoms with E-state index in [1.165, 1.54) is 25.1 Å². The second-order valence-electron chi connectivity index (χ2n) is 12.1. The average molecular weight is 581 g/mol. The van der Waals surface area contributed by atoms with E-state index in [2.05, 4.69) is 0 Å². The van der Waals surface area contributed by atoms with Gasteiger partial charge in [-0.2, -0.15) is 0 Å². The molecule has 0 bridgehead atoms. The minimum Gasteiger partial charge on any atom is -0.507 e. The lowest BCUT2D eigenvalue weighted by atomic mass is 9.57. The minimum atomic E-state index is -2.74. The van der Waals surface area contributed by atoms with Crippen LogP contribution in [0.3, 0.4) is 0 Å². The second kappa shape index (κ2) is 9.60. The molecule has 1 aromatic carbocycles. The standard InChI is InChI=1S/C31H32O11/c1-14-19(32)6-9-23(41-14)42-20-7-8-21(40-15(20)2)16-4-5-17-24(26(16)34)27(35)18-10-11-30(38)13-29(3,37)12-22(33)31(30,39)25(18)28(17)36/h4-6,9-11,14-15,20-21,23,34,37-39H,7-8,12-13H2,1-3H3/t14?,15?,20?,21?,23?,29-,30+,31-/m1/s1.